The number of benzene rings is 1. The van der Waals surface area contributed by atoms with Gasteiger partial charge in [0.25, 0.3) is 5.91 Å². The van der Waals surface area contributed by atoms with Crippen molar-refractivity contribution in [2.75, 3.05) is 39.3 Å². The van der Waals surface area contributed by atoms with Crippen molar-refractivity contribution in [3.63, 3.8) is 0 Å². The molecule has 2 aromatic heterocycles. The van der Waals surface area contributed by atoms with Crippen LogP contribution in [0.4, 0.5) is 0 Å². The minimum Gasteiger partial charge on any atom is -0.487 e. The summed E-state index contributed by atoms with van der Waals surface area (Å²) >= 11 is 0. The van der Waals surface area contributed by atoms with Gasteiger partial charge in [-0.2, -0.15) is 0 Å². The molecule has 1 amide bonds. The summed E-state index contributed by atoms with van der Waals surface area (Å²) in [5.74, 6) is 0.747. The van der Waals surface area contributed by atoms with Crippen molar-refractivity contribution < 1.29 is 14.3 Å². The van der Waals surface area contributed by atoms with E-state index in [4.69, 9.17) is 9.47 Å². The first-order chi connectivity index (χ1) is 15.6. The Morgan fingerprint density at radius 3 is 2.84 bits per heavy atom. The van der Waals surface area contributed by atoms with Gasteiger partial charge < -0.3 is 18.8 Å². The van der Waals surface area contributed by atoms with Crippen LogP contribution in [0.2, 0.25) is 0 Å². The molecule has 2 aliphatic heterocycles. The summed E-state index contributed by atoms with van der Waals surface area (Å²) in [6.45, 7) is 7.58. The van der Waals surface area contributed by atoms with E-state index in [2.05, 4.69) is 16.8 Å². The van der Waals surface area contributed by atoms with Gasteiger partial charge in [-0.05, 0) is 49.6 Å². The average Bonchev–Trinajstić information content (AvgIpc) is 3.47. The van der Waals surface area contributed by atoms with Gasteiger partial charge in [-0.15, -0.1) is 0 Å². The highest BCUT2D eigenvalue weighted by Gasteiger charge is 2.25. The molecule has 7 nitrogen and oxygen atoms in total. The maximum atomic E-state index is 13.0. The Bertz CT molecular complexity index is 1080. The van der Waals surface area contributed by atoms with Crippen LogP contribution >= 0.6 is 0 Å². The fourth-order valence-corrected chi connectivity index (χ4v) is 4.49. The van der Waals surface area contributed by atoms with Crippen LogP contribution in [0.1, 0.15) is 34.5 Å². The molecule has 2 aliphatic rings. The molecule has 0 spiro atoms. The summed E-state index contributed by atoms with van der Waals surface area (Å²) < 4.78 is 13.7. The number of rotatable bonds is 6. The fraction of sp³-hybridized carbons (Fsp3) is 0.440. The Labute approximate surface area is 188 Å². The van der Waals surface area contributed by atoms with Crippen LogP contribution in [-0.2, 0) is 11.3 Å². The van der Waals surface area contributed by atoms with E-state index >= 15 is 0 Å². The van der Waals surface area contributed by atoms with Crippen molar-refractivity contribution in [1.29, 1.82) is 0 Å². The number of pyridine rings is 1. The van der Waals surface area contributed by atoms with Crippen LogP contribution in [0.25, 0.3) is 5.65 Å². The SMILES string of the molecule is Cc1ccc2nc(COc3cccc(C(=O)N4CCN(CC5CCCO5)CC4)c3)cn2c1. The second-order valence-electron chi connectivity index (χ2n) is 8.75. The van der Waals surface area contributed by atoms with Gasteiger partial charge in [-0.25, -0.2) is 4.98 Å². The molecular formula is C25H30N4O3. The number of fused-ring (bicyclic) bond motifs is 1. The predicted molar refractivity (Wildman–Crippen MR) is 122 cm³/mol. The molecule has 1 unspecified atom stereocenters. The Balaban J connectivity index is 1.16. The fourth-order valence-electron chi connectivity index (χ4n) is 4.49. The molecule has 1 aromatic carbocycles. The zero-order valence-corrected chi connectivity index (χ0v) is 18.6. The Morgan fingerprint density at radius 2 is 2.03 bits per heavy atom. The molecule has 0 saturated carbocycles. The predicted octanol–water partition coefficient (Wildman–Crippen LogP) is 3.16. The first kappa shape index (κ1) is 21.0. The van der Waals surface area contributed by atoms with Crippen molar-refractivity contribution in [2.24, 2.45) is 0 Å². The Kier molecular flexibility index (Phi) is 6.10. The second kappa shape index (κ2) is 9.30. The van der Waals surface area contributed by atoms with Crippen molar-refractivity contribution in [1.82, 2.24) is 19.2 Å². The summed E-state index contributed by atoms with van der Waals surface area (Å²) in [5.41, 5.74) is 3.61. The maximum Gasteiger partial charge on any atom is 0.254 e. The van der Waals surface area contributed by atoms with E-state index in [1.165, 1.54) is 12.0 Å². The molecule has 168 valence electrons. The summed E-state index contributed by atoms with van der Waals surface area (Å²) in [4.78, 5) is 22.0. The molecule has 2 fully saturated rings. The van der Waals surface area contributed by atoms with Crippen LogP contribution in [-0.4, -0.2) is 70.5 Å². The number of carbonyl (C=O) groups excluding carboxylic acids is 1. The molecule has 0 N–H and O–H groups in total. The van der Waals surface area contributed by atoms with Crippen molar-refractivity contribution >= 4 is 11.6 Å². The number of piperazine rings is 1. The lowest BCUT2D eigenvalue weighted by atomic mass is 10.1. The van der Waals surface area contributed by atoms with Gasteiger partial charge in [-0.1, -0.05) is 12.1 Å². The van der Waals surface area contributed by atoms with Gasteiger partial charge in [0, 0.05) is 57.3 Å². The van der Waals surface area contributed by atoms with Gasteiger partial charge in [0.15, 0.2) is 0 Å². The third-order valence-corrected chi connectivity index (χ3v) is 6.26. The lowest BCUT2D eigenvalue weighted by molar-refractivity contribution is 0.0432. The molecule has 0 bridgehead atoms. The lowest BCUT2D eigenvalue weighted by Gasteiger charge is -2.35. The van der Waals surface area contributed by atoms with Gasteiger partial charge in [0.1, 0.15) is 18.0 Å². The van der Waals surface area contributed by atoms with Crippen LogP contribution in [0.3, 0.4) is 0 Å². The number of ether oxygens (including phenoxy) is 2. The van der Waals surface area contributed by atoms with E-state index in [0.29, 0.717) is 24.0 Å². The number of imidazole rings is 1. The Hall–Kier alpha value is -2.90. The maximum absolute atomic E-state index is 13.0. The largest absolute Gasteiger partial charge is 0.487 e. The quantitative estimate of drug-likeness (QED) is 0.597. The minimum absolute atomic E-state index is 0.0652. The van der Waals surface area contributed by atoms with Gasteiger partial charge in [-0.3, -0.25) is 9.69 Å². The van der Waals surface area contributed by atoms with Crippen molar-refractivity contribution in [2.45, 2.75) is 32.5 Å². The molecule has 4 heterocycles. The molecule has 32 heavy (non-hydrogen) atoms. The molecule has 3 aromatic rings. The van der Waals surface area contributed by atoms with Gasteiger partial charge in [0.2, 0.25) is 0 Å². The van der Waals surface area contributed by atoms with Gasteiger partial charge in [0.05, 0.1) is 11.8 Å². The van der Waals surface area contributed by atoms with Crippen LogP contribution < -0.4 is 4.74 Å². The van der Waals surface area contributed by atoms with Crippen LogP contribution in [0.15, 0.2) is 48.8 Å². The zero-order valence-electron chi connectivity index (χ0n) is 18.6. The number of amides is 1. The number of hydrogen-bond acceptors (Lipinski definition) is 5. The smallest absolute Gasteiger partial charge is 0.254 e. The van der Waals surface area contributed by atoms with E-state index in [1.54, 1.807) is 0 Å². The topological polar surface area (TPSA) is 59.3 Å². The highest BCUT2D eigenvalue weighted by Crippen LogP contribution is 2.19. The molecule has 0 aliphatic carbocycles. The van der Waals surface area contributed by atoms with Crippen LogP contribution in [0, 0.1) is 6.92 Å². The molecule has 7 heteroatoms. The second-order valence-corrected chi connectivity index (χ2v) is 8.75. The zero-order chi connectivity index (χ0) is 21.9. The first-order valence-corrected chi connectivity index (χ1v) is 11.4. The third kappa shape index (κ3) is 4.79. The molecule has 2 saturated heterocycles. The molecule has 1 atom stereocenters. The third-order valence-electron chi connectivity index (χ3n) is 6.26. The summed E-state index contributed by atoms with van der Waals surface area (Å²) in [6.07, 6.45) is 6.71. The number of carbonyl (C=O) groups is 1. The van der Waals surface area contributed by atoms with Crippen molar-refractivity contribution in [3.05, 3.63) is 65.6 Å². The minimum atomic E-state index is 0.0652. The van der Waals surface area contributed by atoms with E-state index < -0.39 is 0 Å². The van der Waals surface area contributed by atoms with E-state index in [1.807, 2.05) is 58.1 Å². The number of hydrogen-bond donors (Lipinski definition) is 0. The highest BCUT2D eigenvalue weighted by molar-refractivity contribution is 5.94. The van der Waals surface area contributed by atoms with E-state index in [-0.39, 0.29) is 5.91 Å². The summed E-state index contributed by atoms with van der Waals surface area (Å²) in [6, 6.07) is 11.5. The first-order valence-electron chi connectivity index (χ1n) is 11.4. The number of aryl methyl sites for hydroxylation is 1. The molecule has 0 radical (unpaired) electrons. The normalized spacial score (nSPS) is 19.5. The van der Waals surface area contributed by atoms with Gasteiger partial charge >= 0.3 is 0 Å². The molecule has 5 rings (SSSR count). The summed E-state index contributed by atoms with van der Waals surface area (Å²) in [5, 5.41) is 0. The number of nitrogens with zero attached hydrogens (tertiary/aromatic N) is 4. The highest BCUT2D eigenvalue weighted by atomic mass is 16.5. The average molecular weight is 435 g/mol. The summed E-state index contributed by atoms with van der Waals surface area (Å²) in [7, 11) is 0. The van der Waals surface area contributed by atoms with E-state index in [9.17, 15) is 4.79 Å². The van der Waals surface area contributed by atoms with Crippen molar-refractivity contribution in [3.8, 4) is 5.75 Å². The Morgan fingerprint density at radius 1 is 1.16 bits per heavy atom. The van der Waals surface area contributed by atoms with Crippen LogP contribution in [0.5, 0.6) is 5.75 Å². The molecular weight excluding hydrogens is 404 g/mol. The monoisotopic (exact) mass is 434 g/mol. The standard InChI is InChI=1S/C25H30N4O3/c1-19-7-8-24-26-21(16-29(24)15-19)18-32-22-5-2-4-20(14-22)25(30)28-11-9-27(10-12-28)17-23-6-3-13-31-23/h2,4-5,7-8,14-16,23H,3,6,9-13,17-18H2,1H3. The number of aromatic nitrogens is 2. The van der Waals surface area contributed by atoms with E-state index in [0.717, 1.165) is 57.1 Å². The lowest BCUT2D eigenvalue weighted by Crippen LogP contribution is -2.50.